The predicted octanol–water partition coefficient (Wildman–Crippen LogP) is 10.7. The molecule has 3 aromatic carbocycles. The SMILES string of the molecule is CC1(C)c2ccccc2-c2ccc3c4c(sc3c21)CCCC(C1CC=C(C#N)C=C1n1c2c(c3cc(C#N)ccc31)CCC=C2)=C4. The van der Waals surface area contributed by atoms with Crippen molar-refractivity contribution in [2.24, 2.45) is 5.92 Å². The molecule has 0 saturated heterocycles. The van der Waals surface area contributed by atoms with Gasteiger partial charge in [-0.3, -0.25) is 0 Å². The molecule has 5 aromatic rings. The molecule has 0 spiro atoms. The van der Waals surface area contributed by atoms with Gasteiger partial charge < -0.3 is 4.57 Å². The molecular formula is C42H33N3S. The summed E-state index contributed by atoms with van der Waals surface area (Å²) in [6.07, 6.45) is 17.3. The van der Waals surface area contributed by atoms with Gasteiger partial charge in [0.25, 0.3) is 0 Å². The van der Waals surface area contributed by atoms with Crippen molar-refractivity contribution in [2.45, 2.75) is 57.8 Å². The molecule has 1 atom stereocenters. The lowest BCUT2D eigenvalue weighted by Gasteiger charge is -2.28. The molecule has 0 amide bonds. The topological polar surface area (TPSA) is 52.5 Å². The van der Waals surface area contributed by atoms with Crippen LogP contribution in [0.5, 0.6) is 0 Å². The summed E-state index contributed by atoms with van der Waals surface area (Å²) in [5.41, 5.74) is 14.7. The van der Waals surface area contributed by atoms with Crippen molar-refractivity contribution >= 4 is 50.2 Å². The van der Waals surface area contributed by atoms with E-state index < -0.39 is 0 Å². The van der Waals surface area contributed by atoms with Crippen molar-refractivity contribution in [1.82, 2.24) is 4.57 Å². The van der Waals surface area contributed by atoms with Gasteiger partial charge in [-0.25, -0.2) is 0 Å². The van der Waals surface area contributed by atoms with Gasteiger partial charge in [0.05, 0.1) is 23.2 Å². The maximum atomic E-state index is 10.0. The third-order valence-electron chi connectivity index (χ3n) is 10.8. The summed E-state index contributed by atoms with van der Waals surface area (Å²) in [4.78, 5) is 1.50. The lowest BCUT2D eigenvalue weighted by Crippen LogP contribution is -2.16. The van der Waals surface area contributed by atoms with Gasteiger partial charge in [0, 0.05) is 48.6 Å². The van der Waals surface area contributed by atoms with E-state index in [-0.39, 0.29) is 11.3 Å². The molecule has 222 valence electrons. The number of benzene rings is 3. The van der Waals surface area contributed by atoms with Gasteiger partial charge in [0.15, 0.2) is 0 Å². The Morgan fingerprint density at radius 2 is 1.80 bits per heavy atom. The molecule has 0 fully saturated rings. The third-order valence-corrected chi connectivity index (χ3v) is 12.1. The number of thiophene rings is 1. The zero-order chi connectivity index (χ0) is 31.2. The molecule has 0 saturated carbocycles. The Kier molecular flexibility index (Phi) is 5.99. The largest absolute Gasteiger partial charge is 0.313 e. The van der Waals surface area contributed by atoms with Gasteiger partial charge in [-0.05, 0) is 102 Å². The molecule has 4 aliphatic carbocycles. The summed E-state index contributed by atoms with van der Waals surface area (Å²) in [5, 5.41) is 22.3. The first-order valence-electron chi connectivity index (χ1n) is 16.4. The van der Waals surface area contributed by atoms with Crippen LogP contribution in [0.1, 0.15) is 77.9 Å². The van der Waals surface area contributed by atoms with Crippen LogP contribution in [0.15, 0.2) is 84.0 Å². The van der Waals surface area contributed by atoms with Crippen molar-refractivity contribution in [3.63, 3.8) is 0 Å². The zero-order valence-electron chi connectivity index (χ0n) is 26.2. The molecule has 9 rings (SSSR count). The normalized spacial score (nSPS) is 19.2. The Morgan fingerprint density at radius 3 is 2.67 bits per heavy atom. The Balaban J connectivity index is 1.22. The van der Waals surface area contributed by atoms with E-state index in [9.17, 15) is 10.5 Å². The molecule has 0 aliphatic heterocycles. The van der Waals surface area contributed by atoms with E-state index in [1.54, 1.807) is 0 Å². The Hall–Kier alpha value is -4.90. The number of aryl methyl sites for hydroxylation is 2. The third kappa shape index (κ3) is 3.81. The van der Waals surface area contributed by atoms with Crippen LogP contribution in [-0.2, 0) is 18.3 Å². The van der Waals surface area contributed by atoms with Crippen molar-refractivity contribution < 1.29 is 0 Å². The second-order valence-corrected chi connectivity index (χ2v) is 14.8. The average molecular weight is 612 g/mol. The highest BCUT2D eigenvalue weighted by Gasteiger charge is 2.38. The Bertz CT molecular complexity index is 2370. The summed E-state index contributed by atoms with van der Waals surface area (Å²) < 4.78 is 3.85. The van der Waals surface area contributed by atoms with Crippen LogP contribution in [0.2, 0.25) is 0 Å². The minimum atomic E-state index is -0.0350. The first kappa shape index (κ1) is 27.4. The average Bonchev–Trinajstić information content (AvgIpc) is 3.62. The lowest BCUT2D eigenvalue weighted by atomic mass is 9.81. The molecule has 0 bridgehead atoms. The van der Waals surface area contributed by atoms with Crippen LogP contribution in [0.4, 0.5) is 0 Å². The highest BCUT2D eigenvalue weighted by Crippen LogP contribution is 2.54. The van der Waals surface area contributed by atoms with Gasteiger partial charge in [-0.15, -0.1) is 11.3 Å². The Labute approximate surface area is 273 Å². The number of hydrogen-bond donors (Lipinski definition) is 0. The van der Waals surface area contributed by atoms with Gasteiger partial charge >= 0.3 is 0 Å². The van der Waals surface area contributed by atoms with Crippen LogP contribution < -0.4 is 0 Å². The van der Waals surface area contributed by atoms with E-state index >= 15 is 0 Å². The van der Waals surface area contributed by atoms with Gasteiger partial charge in [0.1, 0.15) is 0 Å². The number of allylic oxidation sites excluding steroid dienone is 6. The number of hydrogen-bond acceptors (Lipinski definition) is 3. The molecule has 0 N–H and O–H groups in total. The molecule has 2 heterocycles. The van der Waals surface area contributed by atoms with Crippen molar-refractivity contribution in [3.8, 4) is 23.3 Å². The molecule has 1 unspecified atom stereocenters. The quantitative estimate of drug-likeness (QED) is 0.199. The van der Waals surface area contributed by atoms with Crippen molar-refractivity contribution in [2.75, 3.05) is 0 Å². The van der Waals surface area contributed by atoms with E-state index in [1.807, 2.05) is 17.4 Å². The van der Waals surface area contributed by atoms with Crippen LogP contribution in [0, 0.1) is 28.6 Å². The van der Waals surface area contributed by atoms with Gasteiger partial charge in [-0.1, -0.05) is 74.0 Å². The van der Waals surface area contributed by atoms with Crippen LogP contribution in [-0.4, -0.2) is 4.57 Å². The molecular weight excluding hydrogens is 579 g/mol. The minimum Gasteiger partial charge on any atom is -0.313 e. The fourth-order valence-electron chi connectivity index (χ4n) is 8.71. The summed E-state index contributed by atoms with van der Waals surface area (Å²) >= 11 is 2.01. The standard InChI is InChI=1S/C42H33N3S/c1-42(2)35-11-5-3-9-29(35)31-17-18-32-34-22-27(8-7-13-39(34)46-41(32)40(31)42)28-16-14-26(24-44)21-38(28)45-36-12-6-4-10-30(36)33-20-25(23-43)15-19-37(33)45/h3,5-6,9,11-12,14-15,17-22,28H,4,7-8,10,13,16H2,1-2H3. The molecule has 2 aromatic heterocycles. The molecule has 4 heteroatoms. The number of fused-ring (bicyclic) bond motifs is 10. The van der Waals surface area contributed by atoms with Crippen molar-refractivity contribution in [1.29, 1.82) is 10.5 Å². The van der Waals surface area contributed by atoms with Gasteiger partial charge in [-0.2, -0.15) is 10.5 Å². The maximum absolute atomic E-state index is 10.0. The first-order valence-corrected chi connectivity index (χ1v) is 17.2. The van der Waals surface area contributed by atoms with Crippen molar-refractivity contribution in [3.05, 3.63) is 122 Å². The molecule has 46 heavy (non-hydrogen) atoms. The fourth-order valence-corrected chi connectivity index (χ4v) is 10.2. The van der Waals surface area contributed by atoms with Crippen LogP contribution in [0.25, 0.3) is 50.0 Å². The monoisotopic (exact) mass is 611 g/mol. The molecule has 4 aliphatic rings. The number of nitriles is 2. The van der Waals surface area contributed by atoms with Gasteiger partial charge in [0.2, 0.25) is 0 Å². The summed E-state index contributed by atoms with van der Waals surface area (Å²) in [6.45, 7) is 4.77. The number of rotatable bonds is 2. The van der Waals surface area contributed by atoms with E-state index in [0.29, 0.717) is 5.56 Å². The van der Waals surface area contributed by atoms with E-state index in [0.717, 1.165) is 55.0 Å². The summed E-state index contributed by atoms with van der Waals surface area (Å²) in [7, 11) is 0. The smallest absolute Gasteiger partial charge is 0.0991 e. The fraction of sp³-hybridized carbons (Fsp3) is 0.238. The summed E-state index contributed by atoms with van der Waals surface area (Å²) in [5.74, 6) is 0.166. The first-order chi connectivity index (χ1) is 22.5. The maximum Gasteiger partial charge on any atom is 0.0991 e. The van der Waals surface area contributed by atoms with E-state index in [4.69, 9.17) is 0 Å². The zero-order valence-corrected chi connectivity index (χ0v) is 27.0. The van der Waals surface area contributed by atoms with E-state index in [1.165, 1.54) is 65.3 Å². The highest BCUT2D eigenvalue weighted by molar-refractivity contribution is 7.19. The van der Waals surface area contributed by atoms with Crippen LogP contribution >= 0.6 is 11.3 Å². The second kappa shape index (κ2) is 10.1. The van der Waals surface area contributed by atoms with Crippen LogP contribution in [0.3, 0.4) is 0 Å². The number of nitrogens with zero attached hydrogens (tertiary/aromatic N) is 3. The highest BCUT2D eigenvalue weighted by atomic mass is 32.1. The second-order valence-electron chi connectivity index (χ2n) is 13.7. The van der Waals surface area contributed by atoms with E-state index in [2.05, 4.69) is 109 Å². The minimum absolute atomic E-state index is 0.0350. The Morgan fingerprint density at radius 1 is 0.913 bits per heavy atom. The molecule has 0 radical (unpaired) electrons. The molecule has 3 nitrogen and oxygen atoms in total. The lowest BCUT2D eigenvalue weighted by molar-refractivity contribution is 0.667. The predicted molar refractivity (Wildman–Crippen MR) is 190 cm³/mol. The summed E-state index contributed by atoms with van der Waals surface area (Å²) in [6, 6.07) is 24.5. The number of aromatic nitrogens is 1.